The minimum atomic E-state index is -0.530. The van der Waals surface area contributed by atoms with E-state index in [1.54, 1.807) is 11.6 Å². The summed E-state index contributed by atoms with van der Waals surface area (Å²) < 4.78 is 0. The molecule has 2 heterocycles. The Morgan fingerprint density at radius 2 is 2.06 bits per heavy atom. The third kappa shape index (κ3) is 4.78. The Morgan fingerprint density at radius 1 is 1.18 bits per heavy atom. The second-order valence-corrected chi connectivity index (χ2v) is 8.72. The predicted molar refractivity (Wildman–Crippen MR) is 133 cm³/mol. The smallest absolute Gasteiger partial charge is 0.267 e. The highest BCUT2D eigenvalue weighted by molar-refractivity contribution is 5.90. The minimum Gasteiger partial charge on any atom is -0.361 e. The fourth-order valence-corrected chi connectivity index (χ4v) is 4.95. The summed E-state index contributed by atoms with van der Waals surface area (Å²) in [6.07, 6.45) is 10.1. The van der Waals surface area contributed by atoms with Crippen LogP contribution in [0.1, 0.15) is 40.4 Å². The van der Waals surface area contributed by atoms with Gasteiger partial charge in [0, 0.05) is 48.5 Å². The molecule has 0 saturated carbocycles. The van der Waals surface area contributed by atoms with Crippen molar-refractivity contribution in [3.63, 3.8) is 0 Å². The Hall–Kier alpha value is -3.74. The molecule has 6 nitrogen and oxygen atoms in total. The summed E-state index contributed by atoms with van der Waals surface area (Å²) in [4.78, 5) is 21.9. The summed E-state index contributed by atoms with van der Waals surface area (Å²) in [7, 11) is 0. The zero-order chi connectivity index (χ0) is 23.3. The van der Waals surface area contributed by atoms with Crippen LogP contribution in [-0.4, -0.2) is 32.5 Å². The zero-order valence-electron chi connectivity index (χ0n) is 18.9. The number of hydrogen-bond donors (Lipinski definition) is 3. The van der Waals surface area contributed by atoms with Crippen LogP contribution in [0.2, 0.25) is 0 Å². The molecule has 3 N–H and O–H groups in total. The van der Waals surface area contributed by atoms with Gasteiger partial charge in [-0.15, -0.1) is 0 Å². The van der Waals surface area contributed by atoms with Gasteiger partial charge in [-0.3, -0.25) is 19.9 Å². The van der Waals surface area contributed by atoms with E-state index in [0.29, 0.717) is 6.04 Å². The van der Waals surface area contributed by atoms with Crippen molar-refractivity contribution in [1.29, 1.82) is 0 Å². The number of rotatable bonds is 8. The number of carbonyl (C=O) groups is 1. The highest BCUT2D eigenvalue weighted by atomic mass is 16.5. The van der Waals surface area contributed by atoms with Gasteiger partial charge in [-0.25, -0.2) is 5.48 Å². The number of benzene rings is 2. The maximum Gasteiger partial charge on any atom is 0.267 e. The summed E-state index contributed by atoms with van der Waals surface area (Å²) >= 11 is 0. The maximum atomic E-state index is 11.3. The van der Waals surface area contributed by atoms with Gasteiger partial charge in [0.1, 0.15) is 0 Å². The van der Waals surface area contributed by atoms with E-state index in [1.165, 1.54) is 33.7 Å². The molecule has 6 heteroatoms. The molecule has 1 aliphatic rings. The Labute approximate surface area is 198 Å². The van der Waals surface area contributed by atoms with Crippen molar-refractivity contribution in [2.75, 3.05) is 6.54 Å². The van der Waals surface area contributed by atoms with E-state index in [9.17, 15) is 4.79 Å². The van der Waals surface area contributed by atoms with Crippen LogP contribution in [0.3, 0.4) is 0 Å². The number of aromatic nitrogens is 2. The zero-order valence-corrected chi connectivity index (χ0v) is 18.9. The Balaban J connectivity index is 1.38. The van der Waals surface area contributed by atoms with Crippen LogP contribution in [0.25, 0.3) is 17.0 Å². The van der Waals surface area contributed by atoms with E-state index in [0.717, 1.165) is 43.6 Å². The van der Waals surface area contributed by atoms with Gasteiger partial charge in [-0.1, -0.05) is 42.5 Å². The van der Waals surface area contributed by atoms with Gasteiger partial charge in [0.15, 0.2) is 0 Å². The summed E-state index contributed by atoms with van der Waals surface area (Å²) in [6.45, 7) is 1.73. The standard InChI is InChI=1S/C28H28N4O2/c33-28(31-34)13-9-20-8-11-25-21(17-20)10-12-27(25)32(19-23-5-3-4-15-29-23)16-14-22-18-30-26-7-2-1-6-24(22)26/h1-9,11,13,15,17-18,27,30,34H,10,12,14,16,19H2,(H,31,33)/b13-9+. The molecule has 1 aliphatic carbocycles. The number of amides is 1. The van der Waals surface area contributed by atoms with Gasteiger partial charge in [0.2, 0.25) is 0 Å². The second-order valence-electron chi connectivity index (χ2n) is 8.72. The molecule has 0 radical (unpaired) electrons. The average Bonchev–Trinajstić information content (AvgIpc) is 3.49. The van der Waals surface area contributed by atoms with Crippen molar-refractivity contribution in [3.05, 3.63) is 107 Å². The lowest BCUT2D eigenvalue weighted by molar-refractivity contribution is -0.124. The predicted octanol–water partition coefficient (Wildman–Crippen LogP) is 4.81. The topological polar surface area (TPSA) is 81.2 Å². The fraction of sp³-hybridized carbons (Fsp3) is 0.214. The fourth-order valence-electron chi connectivity index (χ4n) is 4.95. The number of aromatic amines is 1. The van der Waals surface area contributed by atoms with Crippen LogP contribution in [0.4, 0.5) is 0 Å². The van der Waals surface area contributed by atoms with E-state index in [-0.39, 0.29) is 0 Å². The van der Waals surface area contributed by atoms with Crippen molar-refractivity contribution in [3.8, 4) is 0 Å². The number of nitrogens with zero attached hydrogens (tertiary/aromatic N) is 2. The Bertz CT molecular complexity index is 1310. The van der Waals surface area contributed by atoms with Gasteiger partial charge in [0.25, 0.3) is 5.91 Å². The molecule has 2 aromatic heterocycles. The average molecular weight is 453 g/mol. The van der Waals surface area contributed by atoms with Crippen molar-refractivity contribution < 1.29 is 10.0 Å². The van der Waals surface area contributed by atoms with Crippen LogP contribution in [0.5, 0.6) is 0 Å². The van der Waals surface area contributed by atoms with E-state index in [2.05, 4.69) is 63.5 Å². The van der Waals surface area contributed by atoms with Gasteiger partial charge in [-0.2, -0.15) is 0 Å². The molecule has 2 aromatic carbocycles. The number of pyridine rings is 1. The first-order valence-corrected chi connectivity index (χ1v) is 11.6. The third-order valence-electron chi connectivity index (χ3n) is 6.63. The van der Waals surface area contributed by atoms with Crippen LogP contribution >= 0.6 is 0 Å². The number of fused-ring (bicyclic) bond motifs is 2. The molecule has 1 unspecified atom stereocenters. The molecule has 172 valence electrons. The number of aryl methyl sites for hydroxylation is 1. The molecule has 0 fully saturated rings. The van der Waals surface area contributed by atoms with Gasteiger partial charge < -0.3 is 4.98 Å². The lowest BCUT2D eigenvalue weighted by Gasteiger charge is -2.29. The van der Waals surface area contributed by atoms with Crippen LogP contribution in [0.15, 0.2) is 79.1 Å². The molecule has 0 saturated heterocycles. The lowest BCUT2D eigenvalue weighted by Crippen LogP contribution is -2.29. The van der Waals surface area contributed by atoms with Gasteiger partial charge in [0.05, 0.1) is 5.69 Å². The quantitative estimate of drug-likeness (QED) is 0.204. The number of hydroxylamine groups is 1. The molecular weight excluding hydrogens is 424 g/mol. The van der Waals surface area contributed by atoms with Crippen molar-refractivity contribution >= 4 is 22.9 Å². The maximum absolute atomic E-state index is 11.3. The SMILES string of the molecule is O=C(/C=C/c1ccc2c(c1)CCC2N(CCc1c[nH]c2ccccc12)Cc1ccccn1)NO. The molecular formula is C28H28N4O2. The van der Waals surface area contributed by atoms with Crippen LogP contribution in [-0.2, 0) is 24.2 Å². The van der Waals surface area contributed by atoms with Crippen LogP contribution < -0.4 is 5.48 Å². The monoisotopic (exact) mass is 452 g/mol. The van der Waals surface area contributed by atoms with Gasteiger partial charge >= 0.3 is 0 Å². The van der Waals surface area contributed by atoms with Gasteiger partial charge in [-0.05, 0) is 65.8 Å². The highest BCUT2D eigenvalue weighted by Gasteiger charge is 2.28. The number of para-hydroxylation sites is 1. The molecule has 1 amide bonds. The van der Waals surface area contributed by atoms with Crippen molar-refractivity contribution in [2.45, 2.75) is 31.8 Å². The van der Waals surface area contributed by atoms with E-state index < -0.39 is 5.91 Å². The lowest BCUT2D eigenvalue weighted by atomic mass is 10.0. The van der Waals surface area contributed by atoms with E-state index >= 15 is 0 Å². The first kappa shape index (κ1) is 22.1. The normalized spacial score (nSPS) is 15.3. The minimum absolute atomic E-state index is 0.320. The third-order valence-corrected chi connectivity index (χ3v) is 6.63. The molecule has 0 spiro atoms. The molecule has 4 aromatic rings. The second kappa shape index (κ2) is 10.0. The Kier molecular flexibility index (Phi) is 6.51. The van der Waals surface area contributed by atoms with E-state index in [4.69, 9.17) is 5.21 Å². The summed E-state index contributed by atoms with van der Waals surface area (Å²) in [5, 5.41) is 9.99. The largest absolute Gasteiger partial charge is 0.361 e. The first-order chi connectivity index (χ1) is 16.7. The highest BCUT2D eigenvalue weighted by Crippen LogP contribution is 2.37. The Morgan fingerprint density at radius 3 is 2.91 bits per heavy atom. The molecule has 5 rings (SSSR count). The molecule has 1 atom stereocenters. The number of hydrogen-bond acceptors (Lipinski definition) is 4. The molecule has 34 heavy (non-hydrogen) atoms. The molecule has 0 aliphatic heterocycles. The molecule has 0 bridgehead atoms. The summed E-state index contributed by atoms with van der Waals surface area (Å²) in [6, 6.07) is 21.2. The van der Waals surface area contributed by atoms with E-state index in [1.807, 2.05) is 24.4 Å². The number of carbonyl (C=O) groups excluding carboxylic acids is 1. The number of nitrogens with one attached hydrogen (secondary N) is 2. The van der Waals surface area contributed by atoms with Crippen LogP contribution in [0, 0.1) is 0 Å². The van der Waals surface area contributed by atoms with Crippen molar-refractivity contribution in [1.82, 2.24) is 20.3 Å². The summed E-state index contributed by atoms with van der Waals surface area (Å²) in [5.74, 6) is -0.530. The number of H-pyrrole nitrogens is 1. The first-order valence-electron chi connectivity index (χ1n) is 11.6. The summed E-state index contributed by atoms with van der Waals surface area (Å²) in [5.41, 5.74) is 8.83. The van der Waals surface area contributed by atoms with Crippen molar-refractivity contribution in [2.24, 2.45) is 0 Å².